The van der Waals surface area contributed by atoms with Gasteiger partial charge in [-0.2, -0.15) is 0 Å². The van der Waals surface area contributed by atoms with E-state index in [4.69, 9.17) is 10.5 Å². The van der Waals surface area contributed by atoms with Gasteiger partial charge in [-0.25, -0.2) is 0 Å². The zero-order valence-electron chi connectivity index (χ0n) is 10.9. The average molecular weight is 313 g/mol. The van der Waals surface area contributed by atoms with Gasteiger partial charge in [-0.15, -0.1) is 0 Å². The molecule has 0 bridgehead atoms. The van der Waals surface area contributed by atoms with E-state index in [0.717, 1.165) is 42.3 Å². The Kier molecular flexibility index (Phi) is 5.03. The maximum absolute atomic E-state index is 5.91. The lowest BCUT2D eigenvalue weighted by atomic mass is 9.97. The van der Waals surface area contributed by atoms with Crippen molar-refractivity contribution in [2.45, 2.75) is 19.4 Å². The van der Waals surface area contributed by atoms with Crippen molar-refractivity contribution in [1.82, 2.24) is 4.90 Å². The first-order chi connectivity index (χ1) is 8.70. The molecule has 18 heavy (non-hydrogen) atoms. The number of ether oxygens (including phenoxy) is 1. The van der Waals surface area contributed by atoms with Gasteiger partial charge in [-0.05, 0) is 59.4 Å². The van der Waals surface area contributed by atoms with E-state index in [-0.39, 0.29) is 0 Å². The minimum absolute atomic E-state index is 0.732. The molecule has 0 atom stereocenters. The van der Waals surface area contributed by atoms with Crippen LogP contribution in [-0.2, 0) is 11.3 Å². The summed E-state index contributed by atoms with van der Waals surface area (Å²) in [4.78, 5) is 2.49. The molecular weight excluding hydrogens is 292 g/mol. The Morgan fingerprint density at radius 1 is 1.39 bits per heavy atom. The van der Waals surface area contributed by atoms with Gasteiger partial charge in [-0.1, -0.05) is 12.1 Å². The van der Waals surface area contributed by atoms with Gasteiger partial charge in [0.25, 0.3) is 0 Å². The van der Waals surface area contributed by atoms with Gasteiger partial charge in [-0.3, -0.25) is 4.90 Å². The average Bonchev–Trinajstić information content (AvgIpc) is 2.38. The van der Waals surface area contributed by atoms with Crippen LogP contribution < -0.4 is 5.73 Å². The summed E-state index contributed by atoms with van der Waals surface area (Å²) in [5.74, 6) is 0.732. The second kappa shape index (κ2) is 6.55. The molecule has 2 rings (SSSR count). The van der Waals surface area contributed by atoms with Crippen molar-refractivity contribution in [3.63, 3.8) is 0 Å². The van der Waals surface area contributed by atoms with E-state index < -0.39 is 0 Å². The lowest BCUT2D eigenvalue weighted by molar-refractivity contribution is 0.0967. The van der Waals surface area contributed by atoms with Crippen LogP contribution in [0.1, 0.15) is 18.4 Å². The Balaban J connectivity index is 1.90. The molecule has 1 aliphatic rings. The van der Waals surface area contributed by atoms with Crippen LogP contribution in [0, 0.1) is 5.92 Å². The van der Waals surface area contributed by atoms with Crippen molar-refractivity contribution < 1.29 is 4.74 Å². The van der Waals surface area contributed by atoms with Crippen molar-refractivity contribution in [3.05, 3.63) is 28.2 Å². The van der Waals surface area contributed by atoms with E-state index >= 15 is 0 Å². The summed E-state index contributed by atoms with van der Waals surface area (Å²) in [5, 5.41) is 0. The molecule has 0 spiro atoms. The highest BCUT2D eigenvalue weighted by molar-refractivity contribution is 9.10. The van der Waals surface area contributed by atoms with Gasteiger partial charge in [0.05, 0.1) is 0 Å². The standard InChI is InChI=1S/C14H21BrN2O/c1-18-10-11-5-7-17(8-6-11)9-12-3-2-4-13(16)14(12)15/h2-4,11H,5-10,16H2,1H3. The molecule has 1 aliphatic heterocycles. The Bertz CT molecular complexity index is 389. The third-order valence-corrected chi connectivity index (χ3v) is 4.58. The molecule has 1 aromatic carbocycles. The first-order valence-electron chi connectivity index (χ1n) is 6.45. The first kappa shape index (κ1) is 13.8. The van der Waals surface area contributed by atoms with Crippen LogP contribution in [-0.4, -0.2) is 31.7 Å². The van der Waals surface area contributed by atoms with Crippen molar-refractivity contribution in [2.24, 2.45) is 5.92 Å². The summed E-state index contributed by atoms with van der Waals surface area (Å²) in [7, 11) is 1.79. The van der Waals surface area contributed by atoms with Gasteiger partial charge in [0.1, 0.15) is 0 Å². The first-order valence-corrected chi connectivity index (χ1v) is 7.24. The number of hydrogen-bond donors (Lipinski definition) is 1. The largest absolute Gasteiger partial charge is 0.398 e. The van der Waals surface area contributed by atoms with Gasteiger partial charge in [0, 0.05) is 30.4 Å². The highest BCUT2D eigenvalue weighted by Crippen LogP contribution is 2.26. The Morgan fingerprint density at radius 3 is 2.78 bits per heavy atom. The molecule has 0 aromatic heterocycles. The minimum atomic E-state index is 0.732. The molecule has 4 heteroatoms. The van der Waals surface area contributed by atoms with E-state index in [2.05, 4.69) is 26.9 Å². The number of nitrogens with two attached hydrogens (primary N) is 1. The molecule has 3 nitrogen and oxygen atoms in total. The number of halogens is 1. The number of benzene rings is 1. The quantitative estimate of drug-likeness (QED) is 0.869. The molecule has 2 N–H and O–H groups in total. The monoisotopic (exact) mass is 312 g/mol. The molecule has 0 radical (unpaired) electrons. The number of rotatable bonds is 4. The fraction of sp³-hybridized carbons (Fsp3) is 0.571. The topological polar surface area (TPSA) is 38.5 Å². The van der Waals surface area contributed by atoms with Crippen molar-refractivity contribution in [3.8, 4) is 0 Å². The molecular formula is C14H21BrN2O. The molecule has 1 aromatic rings. The number of likely N-dealkylation sites (tertiary alicyclic amines) is 1. The van der Waals surface area contributed by atoms with E-state index in [1.807, 2.05) is 12.1 Å². The molecule has 1 saturated heterocycles. The molecule has 0 aliphatic carbocycles. The second-order valence-electron chi connectivity index (χ2n) is 5.00. The fourth-order valence-electron chi connectivity index (χ4n) is 2.51. The van der Waals surface area contributed by atoms with Crippen LogP contribution >= 0.6 is 15.9 Å². The summed E-state index contributed by atoms with van der Waals surface area (Å²) in [5.41, 5.74) is 8.00. The molecule has 0 amide bonds. The third-order valence-electron chi connectivity index (χ3n) is 3.61. The van der Waals surface area contributed by atoms with Crippen LogP contribution in [0.2, 0.25) is 0 Å². The SMILES string of the molecule is COCC1CCN(Cc2cccc(N)c2Br)CC1. The maximum atomic E-state index is 5.91. The number of hydrogen-bond acceptors (Lipinski definition) is 3. The van der Waals surface area contributed by atoms with Gasteiger partial charge in [0.15, 0.2) is 0 Å². The summed E-state index contributed by atoms with van der Waals surface area (Å²) in [6.07, 6.45) is 2.46. The normalized spacial score (nSPS) is 18.1. The van der Waals surface area contributed by atoms with Crippen LogP contribution in [0.25, 0.3) is 0 Å². The van der Waals surface area contributed by atoms with Gasteiger partial charge >= 0.3 is 0 Å². The Labute approximate surface area is 117 Å². The van der Waals surface area contributed by atoms with Crippen molar-refractivity contribution in [2.75, 3.05) is 32.5 Å². The molecule has 0 saturated carbocycles. The highest BCUT2D eigenvalue weighted by atomic mass is 79.9. The van der Waals surface area contributed by atoms with E-state index in [1.165, 1.54) is 18.4 Å². The Morgan fingerprint density at radius 2 is 2.11 bits per heavy atom. The number of piperidine rings is 1. The van der Waals surface area contributed by atoms with Gasteiger partial charge in [0.2, 0.25) is 0 Å². The molecule has 0 unspecified atom stereocenters. The zero-order valence-corrected chi connectivity index (χ0v) is 12.4. The van der Waals surface area contributed by atoms with E-state index in [9.17, 15) is 0 Å². The minimum Gasteiger partial charge on any atom is -0.398 e. The third kappa shape index (κ3) is 3.46. The molecule has 1 fully saturated rings. The molecule has 1 heterocycles. The predicted octanol–water partition coefficient (Wildman–Crippen LogP) is 2.89. The van der Waals surface area contributed by atoms with Crippen molar-refractivity contribution >= 4 is 21.6 Å². The number of methoxy groups -OCH3 is 1. The zero-order chi connectivity index (χ0) is 13.0. The summed E-state index contributed by atoms with van der Waals surface area (Å²) >= 11 is 3.57. The predicted molar refractivity (Wildman–Crippen MR) is 78.4 cm³/mol. The number of nitrogens with zero attached hydrogens (tertiary/aromatic N) is 1. The van der Waals surface area contributed by atoms with Crippen molar-refractivity contribution in [1.29, 1.82) is 0 Å². The summed E-state index contributed by atoms with van der Waals surface area (Å²) < 4.78 is 6.27. The van der Waals surface area contributed by atoms with Crippen LogP contribution in [0.15, 0.2) is 22.7 Å². The summed E-state index contributed by atoms with van der Waals surface area (Å²) in [6.45, 7) is 4.17. The van der Waals surface area contributed by atoms with Crippen LogP contribution in [0.5, 0.6) is 0 Å². The van der Waals surface area contributed by atoms with E-state index in [0.29, 0.717) is 0 Å². The smallest absolute Gasteiger partial charge is 0.0491 e. The van der Waals surface area contributed by atoms with Crippen LogP contribution in [0.4, 0.5) is 5.69 Å². The molecule has 100 valence electrons. The second-order valence-corrected chi connectivity index (χ2v) is 5.79. The number of nitrogen functional groups attached to an aromatic ring is 1. The fourth-order valence-corrected chi connectivity index (χ4v) is 2.90. The number of anilines is 1. The highest BCUT2D eigenvalue weighted by Gasteiger charge is 2.19. The lowest BCUT2D eigenvalue weighted by Crippen LogP contribution is -2.34. The maximum Gasteiger partial charge on any atom is 0.0491 e. The lowest BCUT2D eigenvalue weighted by Gasteiger charge is -2.31. The Hall–Kier alpha value is -0.580. The van der Waals surface area contributed by atoms with E-state index in [1.54, 1.807) is 7.11 Å². The van der Waals surface area contributed by atoms with Gasteiger partial charge < -0.3 is 10.5 Å². The summed E-state index contributed by atoms with van der Waals surface area (Å²) in [6, 6.07) is 6.09. The van der Waals surface area contributed by atoms with Crippen LogP contribution in [0.3, 0.4) is 0 Å².